The molecule has 0 aliphatic heterocycles. The Balaban J connectivity index is 2.26. The van der Waals surface area contributed by atoms with Gasteiger partial charge in [0.2, 0.25) is 0 Å². The van der Waals surface area contributed by atoms with Crippen LogP contribution in [-0.4, -0.2) is 6.54 Å². The van der Waals surface area contributed by atoms with Crippen LogP contribution in [-0.2, 0) is 6.42 Å². The summed E-state index contributed by atoms with van der Waals surface area (Å²) in [5.41, 5.74) is 6.95. The lowest BCUT2D eigenvalue weighted by molar-refractivity contribution is 0.943. The number of benzene rings is 1. The van der Waals surface area contributed by atoms with E-state index in [0.717, 1.165) is 10.9 Å². The van der Waals surface area contributed by atoms with Crippen molar-refractivity contribution in [3.8, 4) is 0 Å². The molecule has 2 N–H and O–H groups in total. The molecule has 0 unspecified atom stereocenters. The standard InChI is InChI=1S/C12H12BrNS2/c13-10-4-3-9(5-6-14)11(8-10)16-12-2-1-7-15-12/h1-4,7-8H,5-6,14H2. The summed E-state index contributed by atoms with van der Waals surface area (Å²) in [6.45, 7) is 0.694. The molecule has 0 saturated heterocycles. The zero-order valence-electron chi connectivity index (χ0n) is 8.65. The highest BCUT2D eigenvalue weighted by molar-refractivity contribution is 9.10. The molecule has 84 valence electrons. The van der Waals surface area contributed by atoms with Crippen molar-refractivity contribution in [1.82, 2.24) is 0 Å². The maximum Gasteiger partial charge on any atom is 0.0646 e. The summed E-state index contributed by atoms with van der Waals surface area (Å²) < 4.78 is 2.43. The van der Waals surface area contributed by atoms with Gasteiger partial charge in [0.05, 0.1) is 4.21 Å². The molecule has 0 amide bonds. The van der Waals surface area contributed by atoms with Crippen molar-refractivity contribution >= 4 is 39.0 Å². The van der Waals surface area contributed by atoms with Crippen LogP contribution < -0.4 is 5.73 Å². The maximum absolute atomic E-state index is 5.62. The first-order chi connectivity index (χ1) is 7.79. The Morgan fingerprint density at radius 2 is 2.19 bits per heavy atom. The van der Waals surface area contributed by atoms with Crippen molar-refractivity contribution in [3.05, 3.63) is 45.7 Å². The Kier molecular flexibility index (Phi) is 4.46. The van der Waals surface area contributed by atoms with Crippen LogP contribution in [0.1, 0.15) is 5.56 Å². The van der Waals surface area contributed by atoms with Gasteiger partial charge in [0.1, 0.15) is 0 Å². The van der Waals surface area contributed by atoms with Gasteiger partial charge in [-0.3, -0.25) is 0 Å². The lowest BCUT2D eigenvalue weighted by Gasteiger charge is -2.07. The van der Waals surface area contributed by atoms with Gasteiger partial charge in [-0.25, -0.2) is 0 Å². The first-order valence-corrected chi connectivity index (χ1v) is 7.48. The Labute approximate surface area is 112 Å². The van der Waals surface area contributed by atoms with Crippen LogP contribution in [0, 0.1) is 0 Å². The SMILES string of the molecule is NCCc1ccc(Br)cc1Sc1cccs1. The third-order valence-electron chi connectivity index (χ3n) is 2.15. The van der Waals surface area contributed by atoms with Crippen molar-refractivity contribution in [1.29, 1.82) is 0 Å². The van der Waals surface area contributed by atoms with Crippen molar-refractivity contribution in [2.75, 3.05) is 6.54 Å². The van der Waals surface area contributed by atoms with E-state index < -0.39 is 0 Å². The summed E-state index contributed by atoms with van der Waals surface area (Å²) in [6, 6.07) is 10.6. The molecule has 1 aromatic heterocycles. The van der Waals surface area contributed by atoms with Crippen LogP contribution in [0.5, 0.6) is 0 Å². The number of rotatable bonds is 4. The molecule has 0 fully saturated rings. The highest BCUT2D eigenvalue weighted by Gasteiger charge is 2.05. The maximum atomic E-state index is 5.62. The summed E-state index contributed by atoms with van der Waals surface area (Å²) in [6.07, 6.45) is 0.932. The zero-order valence-corrected chi connectivity index (χ0v) is 11.9. The number of thiophene rings is 1. The van der Waals surface area contributed by atoms with Gasteiger partial charge in [-0.15, -0.1) is 11.3 Å². The monoisotopic (exact) mass is 313 g/mol. The fourth-order valence-electron chi connectivity index (χ4n) is 1.42. The van der Waals surface area contributed by atoms with E-state index >= 15 is 0 Å². The second-order valence-electron chi connectivity index (χ2n) is 3.32. The molecule has 16 heavy (non-hydrogen) atoms. The molecule has 0 atom stereocenters. The summed E-state index contributed by atoms with van der Waals surface area (Å²) in [5.74, 6) is 0. The molecule has 0 bridgehead atoms. The molecule has 0 aliphatic rings. The molecule has 1 heterocycles. The number of hydrogen-bond donors (Lipinski definition) is 1. The van der Waals surface area contributed by atoms with Gasteiger partial charge >= 0.3 is 0 Å². The smallest absolute Gasteiger partial charge is 0.0646 e. The number of hydrogen-bond acceptors (Lipinski definition) is 3. The van der Waals surface area contributed by atoms with Crippen molar-refractivity contribution in [2.45, 2.75) is 15.5 Å². The molecule has 0 spiro atoms. The minimum Gasteiger partial charge on any atom is -0.330 e. The lowest BCUT2D eigenvalue weighted by atomic mass is 10.1. The molecule has 2 rings (SSSR count). The molecule has 0 saturated carbocycles. The molecule has 1 nitrogen and oxygen atoms in total. The third-order valence-corrected chi connectivity index (χ3v) is 4.78. The second-order valence-corrected chi connectivity index (χ2v) is 6.53. The minimum absolute atomic E-state index is 0.694. The molecule has 0 aliphatic carbocycles. The Morgan fingerprint density at radius 3 is 2.88 bits per heavy atom. The van der Waals surface area contributed by atoms with E-state index in [4.69, 9.17) is 5.73 Å². The predicted octanol–water partition coefficient (Wildman–Crippen LogP) is 4.16. The van der Waals surface area contributed by atoms with Gasteiger partial charge in [-0.2, -0.15) is 0 Å². The van der Waals surface area contributed by atoms with E-state index in [1.807, 2.05) is 11.8 Å². The highest BCUT2D eigenvalue weighted by atomic mass is 79.9. The largest absolute Gasteiger partial charge is 0.330 e. The summed E-state index contributed by atoms with van der Waals surface area (Å²) in [7, 11) is 0. The quantitative estimate of drug-likeness (QED) is 0.917. The number of nitrogens with two attached hydrogens (primary N) is 1. The van der Waals surface area contributed by atoms with Gasteiger partial charge in [0, 0.05) is 9.37 Å². The highest BCUT2D eigenvalue weighted by Crippen LogP contribution is 2.35. The minimum atomic E-state index is 0.694. The first-order valence-electron chi connectivity index (χ1n) is 4.99. The molecule has 1 aromatic carbocycles. The second kappa shape index (κ2) is 5.87. The number of halogens is 1. The van der Waals surface area contributed by atoms with E-state index in [2.05, 4.69) is 51.6 Å². The first kappa shape index (κ1) is 12.2. The van der Waals surface area contributed by atoms with Crippen molar-refractivity contribution in [3.63, 3.8) is 0 Å². The van der Waals surface area contributed by atoms with E-state index in [0.29, 0.717) is 6.54 Å². The molecular weight excluding hydrogens is 302 g/mol. The van der Waals surface area contributed by atoms with Crippen molar-refractivity contribution < 1.29 is 0 Å². The van der Waals surface area contributed by atoms with Crippen LogP contribution in [0.15, 0.2) is 49.3 Å². The molecule has 4 heteroatoms. The Bertz CT molecular complexity index is 454. The summed E-state index contributed by atoms with van der Waals surface area (Å²) >= 11 is 7.09. The van der Waals surface area contributed by atoms with E-state index in [1.165, 1.54) is 14.7 Å². The fraction of sp³-hybridized carbons (Fsp3) is 0.167. The Morgan fingerprint density at radius 1 is 1.31 bits per heavy atom. The normalized spacial score (nSPS) is 10.6. The fourth-order valence-corrected chi connectivity index (χ4v) is 3.86. The van der Waals surface area contributed by atoms with Gasteiger partial charge < -0.3 is 5.73 Å². The third kappa shape index (κ3) is 3.10. The van der Waals surface area contributed by atoms with E-state index in [9.17, 15) is 0 Å². The molecular formula is C12H12BrNS2. The van der Waals surface area contributed by atoms with Crippen molar-refractivity contribution in [2.24, 2.45) is 5.73 Å². The van der Waals surface area contributed by atoms with Crippen LogP contribution in [0.3, 0.4) is 0 Å². The average Bonchev–Trinajstić information content (AvgIpc) is 2.75. The van der Waals surface area contributed by atoms with Crippen LogP contribution >= 0.6 is 39.0 Å². The van der Waals surface area contributed by atoms with Gasteiger partial charge in [-0.1, -0.05) is 39.8 Å². The molecule has 2 aromatic rings. The van der Waals surface area contributed by atoms with Gasteiger partial charge in [-0.05, 0) is 42.1 Å². The zero-order chi connectivity index (χ0) is 11.4. The van der Waals surface area contributed by atoms with E-state index in [1.54, 1.807) is 11.3 Å². The average molecular weight is 314 g/mol. The van der Waals surface area contributed by atoms with Crippen LogP contribution in [0.25, 0.3) is 0 Å². The van der Waals surface area contributed by atoms with E-state index in [-0.39, 0.29) is 0 Å². The lowest BCUT2D eigenvalue weighted by Crippen LogP contribution is -2.03. The van der Waals surface area contributed by atoms with Crippen LogP contribution in [0.4, 0.5) is 0 Å². The van der Waals surface area contributed by atoms with Gasteiger partial charge in [0.15, 0.2) is 0 Å². The summed E-state index contributed by atoms with van der Waals surface area (Å²) in [4.78, 5) is 1.29. The Hall–Kier alpha value is -0.290. The van der Waals surface area contributed by atoms with Gasteiger partial charge in [0.25, 0.3) is 0 Å². The molecule has 0 radical (unpaired) electrons. The summed E-state index contributed by atoms with van der Waals surface area (Å²) in [5, 5.41) is 2.10. The topological polar surface area (TPSA) is 26.0 Å². The van der Waals surface area contributed by atoms with Crippen LogP contribution in [0.2, 0.25) is 0 Å². The predicted molar refractivity (Wildman–Crippen MR) is 75.3 cm³/mol.